The van der Waals surface area contributed by atoms with Crippen LogP contribution in [0.5, 0.6) is 11.5 Å². The van der Waals surface area contributed by atoms with Crippen LogP contribution in [0.3, 0.4) is 0 Å². The Morgan fingerprint density at radius 2 is 1.30 bits per heavy atom. The van der Waals surface area contributed by atoms with Crippen molar-refractivity contribution >= 4 is 39.2 Å². The number of carbonyl (C=O) groups is 2. The van der Waals surface area contributed by atoms with Crippen LogP contribution in [0.1, 0.15) is 15.9 Å². The molecule has 0 unspecified atom stereocenters. The van der Waals surface area contributed by atoms with Crippen molar-refractivity contribution in [1.29, 1.82) is 0 Å². The fraction of sp³-hybridized carbons (Fsp3) is 0.0500. The number of anilines is 1. The van der Waals surface area contributed by atoms with Gasteiger partial charge in [-0.25, -0.2) is 13.2 Å². The largest absolute Gasteiger partial charge is 0.480 e. The molecule has 10 heteroatoms. The van der Waals surface area contributed by atoms with Gasteiger partial charge in [0.15, 0.2) is 0 Å². The second kappa shape index (κ2) is 15.1. The molecule has 0 spiro atoms. The minimum Gasteiger partial charge on any atom is -0.480 e. The normalized spacial score (nSPS) is 11.7. The average molecular weight is 703 g/mol. The summed E-state index contributed by atoms with van der Waals surface area (Å²) in [5.74, 6) is -0.698. The predicted molar refractivity (Wildman–Crippen MR) is 195 cm³/mol. The molecule has 0 radical (unpaired) electrons. The van der Waals surface area contributed by atoms with Gasteiger partial charge in [-0.2, -0.15) is 0 Å². The minimum atomic E-state index is -4.12. The monoisotopic (exact) mass is 702 g/mol. The molecular weight excluding hydrogens is 672 g/mol. The zero-order valence-corrected chi connectivity index (χ0v) is 28.1. The Kier molecular flexibility index (Phi) is 10.3. The first-order valence-corrected chi connectivity index (χ1v) is 17.5. The van der Waals surface area contributed by atoms with Crippen molar-refractivity contribution < 1.29 is 27.9 Å². The van der Waals surface area contributed by atoms with E-state index < -0.39 is 27.9 Å². The first-order valence-electron chi connectivity index (χ1n) is 15.6. The molecule has 50 heavy (non-hydrogen) atoms. The summed E-state index contributed by atoms with van der Waals surface area (Å²) < 4.78 is 35.2. The lowest BCUT2D eigenvalue weighted by Crippen LogP contribution is -2.42. The molecule has 6 rings (SSSR count). The van der Waals surface area contributed by atoms with E-state index in [9.17, 15) is 23.1 Å². The number of sulfonamides is 1. The lowest BCUT2D eigenvalue weighted by molar-refractivity contribution is -0.139. The number of rotatable bonds is 12. The Bertz CT molecular complexity index is 2230. The lowest BCUT2D eigenvalue weighted by Gasteiger charge is -2.18. The van der Waals surface area contributed by atoms with Crippen LogP contribution in [0.2, 0.25) is 5.02 Å². The maximum absolute atomic E-state index is 13.5. The molecular formula is C40H31ClN2O6S. The Labute approximate surface area is 295 Å². The first kappa shape index (κ1) is 34.0. The summed E-state index contributed by atoms with van der Waals surface area (Å²) in [5.41, 5.74) is 3.98. The van der Waals surface area contributed by atoms with Crippen molar-refractivity contribution in [1.82, 2.24) is 5.32 Å². The Hall–Kier alpha value is -5.90. The molecule has 0 aliphatic heterocycles. The molecule has 0 fully saturated rings. The summed E-state index contributed by atoms with van der Waals surface area (Å²) in [7, 11) is -4.12. The SMILES string of the molecule is O=C(N[C@@H](Cc1ccc(-c2ccccc2Oc2ccccc2)cc1)C(=O)O)c1cc(Cl)ccc1NS(=O)(=O)c1ccc(-c2ccccc2)cc1. The zero-order valence-electron chi connectivity index (χ0n) is 26.5. The van der Waals surface area contributed by atoms with E-state index in [2.05, 4.69) is 10.0 Å². The van der Waals surface area contributed by atoms with Gasteiger partial charge in [-0.15, -0.1) is 0 Å². The maximum Gasteiger partial charge on any atom is 0.326 e. The average Bonchev–Trinajstić information content (AvgIpc) is 3.13. The number of halogens is 1. The quantitative estimate of drug-likeness (QED) is 0.117. The van der Waals surface area contributed by atoms with Crippen LogP contribution < -0.4 is 14.8 Å². The molecule has 6 aromatic carbocycles. The van der Waals surface area contributed by atoms with Gasteiger partial charge in [0.05, 0.1) is 16.1 Å². The number of carbonyl (C=O) groups excluding carboxylic acids is 1. The lowest BCUT2D eigenvalue weighted by atomic mass is 9.99. The molecule has 1 atom stereocenters. The van der Waals surface area contributed by atoms with Crippen molar-refractivity contribution in [2.45, 2.75) is 17.4 Å². The first-order chi connectivity index (χ1) is 24.2. The van der Waals surface area contributed by atoms with E-state index in [1.807, 2.05) is 97.1 Å². The molecule has 0 aliphatic carbocycles. The number of hydrogen-bond acceptors (Lipinski definition) is 5. The number of carboxylic acid groups (broad SMARTS) is 1. The Morgan fingerprint density at radius 1 is 0.700 bits per heavy atom. The van der Waals surface area contributed by atoms with Gasteiger partial charge in [0, 0.05) is 17.0 Å². The van der Waals surface area contributed by atoms with Crippen molar-refractivity contribution in [2.24, 2.45) is 0 Å². The van der Waals surface area contributed by atoms with E-state index in [4.69, 9.17) is 16.3 Å². The van der Waals surface area contributed by atoms with Gasteiger partial charge in [0.1, 0.15) is 17.5 Å². The maximum atomic E-state index is 13.5. The zero-order chi connectivity index (χ0) is 35.1. The topological polar surface area (TPSA) is 122 Å². The van der Waals surface area contributed by atoms with Gasteiger partial charge < -0.3 is 15.2 Å². The summed E-state index contributed by atoms with van der Waals surface area (Å²) in [6.07, 6.45) is -0.0289. The van der Waals surface area contributed by atoms with Crippen molar-refractivity contribution in [3.63, 3.8) is 0 Å². The van der Waals surface area contributed by atoms with Gasteiger partial charge in [-0.1, -0.05) is 115 Å². The van der Waals surface area contributed by atoms with Gasteiger partial charge in [0.25, 0.3) is 15.9 Å². The molecule has 8 nitrogen and oxygen atoms in total. The highest BCUT2D eigenvalue weighted by Gasteiger charge is 2.25. The molecule has 0 saturated carbocycles. The van der Waals surface area contributed by atoms with Gasteiger partial charge >= 0.3 is 5.97 Å². The standard InChI is InChI=1S/C40H31ClN2O6S/c41-31-21-24-36(43-50(47,48)33-22-19-29(20-23-33)28-9-3-1-4-10-28)35(26-31)39(44)42-37(40(45)46)25-27-15-17-30(18-16-27)34-13-7-8-14-38(34)49-32-11-5-2-6-12-32/h1-24,26,37,43H,25H2,(H,42,44)(H,45,46)/t37-/m0/s1. The summed E-state index contributed by atoms with van der Waals surface area (Å²) in [4.78, 5) is 25.8. The Balaban J connectivity index is 1.17. The third-order valence-corrected chi connectivity index (χ3v) is 9.53. The summed E-state index contributed by atoms with van der Waals surface area (Å²) in [6.45, 7) is 0. The van der Waals surface area contributed by atoms with E-state index in [1.165, 1.54) is 30.3 Å². The number of ether oxygens (including phenoxy) is 1. The van der Waals surface area contributed by atoms with Gasteiger partial charge in [-0.3, -0.25) is 9.52 Å². The van der Waals surface area contributed by atoms with Gasteiger partial charge in [-0.05, 0) is 70.8 Å². The molecule has 0 aliphatic rings. The van der Waals surface area contributed by atoms with Crippen LogP contribution in [0.4, 0.5) is 5.69 Å². The second-order valence-electron chi connectivity index (χ2n) is 11.4. The van der Waals surface area contributed by atoms with Crippen LogP contribution >= 0.6 is 11.6 Å². The summed E-state index contributed by atoms with van der Waals surface area (Å²) in [6, 6.07) is 42.9. The Morgan fingerprint density at radius 3 is 1.98 bits per heavy atom. The van der Waals surface area contributed by atoms with Crippen LogP contribution in [0.15, 0.2) is 157 Å². The molecule has 6 aromatic rings. The second-order valence-corrected chi connectivity index (χ2v) is 13.5. The summed E-state index contributed by atoms with van der Waals surface area (Å²) >= 11 is 6.19. The van der Waals surface area contributed by atoms with E-state index in [0.29, 0.717) is 17.1 Å². The molecule has 1 amide bonds. The molecule has 0 aromatic heterocycles. The number of benzene rings is 6. The minimum absolute atomic E-state index is 0.0143. The van der Waals surface area contributed by atoms with E-state index in [-0.39, 0.29) is 27.6 Å². The van der Waals surface area contributed by atoms with E-state index in [1.54, 1.807) is 24.3 Å². The highest BCUT2D eigenvalue weighted by molar-refractivity contribution is 7.92. The van der Waals surface area contributed by atoms with Crippen LogP contribution in [0.25, 0.3) is 22.3 Å². The molecule has 250 valence electrons. The number of hydrogen-bond donors (Lipinski definition) is 3. The number of para-hydroxylation sites is 2. The predicted octanol–water partition coefficient (Wildman–Crippen LogP) is 8.69. The smallest absolute Gasteiger partial charge is 0.326 e. The number of nitrogens with one attached hydrogen (secondary N) is 2. The highest BCUT2D eigenvalue weighted by atomic mass is 35.5. The van der Waals surface area contributed by atoms with Crippen molar-refractivity contribution in [3.8, 4) is 33.8 Å². The molecule has 0 bridgehead atoms. The van der Waals surface area contributed by atoms with E-state index >= 15 is 0 Å². The number of aliphatic carboxylic acids is 1. The highest BCUT2D eigenvalue weighted by Crippen LogP contribution is 2.33. The summed E-state index contributed by atoms with van der Waals surface area (Å²) in [5, 5.41) is 12.7. The fourth-order valence-electron chi connectivity index (χ4n) is 5.36. The number of carboxylic acids is 1. The van der Waals surface area contributed by atoms with Crippen LogP contribution in [-0.2, 0) is 21.2 Å². The van der Waals surface area contributed by atoms with Crippen molar-refractivity contribution in [3.05, 3.63) is 168 Å². The van der Waals surface area contributed by atoms with Gasteiger partial charge in [0.2, 0.25) is 0 Å². The van der Waals surface area contributed by atoms with E-state index in [0.717, 1.165) is 22.3 Å². The molecule has 0 heterocycles. The third kappa shape index (κ3) is 8.20. The van der Waals surface area contributed by atoms with Crippen molar-refractivity contribution in [2.75, 3.05) is 4.72 Å². The number of amides is 1. The molecule has 0 saturated heterocycles. The van der Waals surface area contributed by atoms with Crippen LogP contribution in [-0.4, -0.2) is 31.4 Å². The fourth-order valence-corrected chi connectivity index (χ4v) is 6.61. The van der Waals surface area contributed by atoms with Crippen LogP contribution in [0, 0.1) is 0 Å². The third-order valence-electron chi connectivity index (χ3n) is 7.91. The molecule has 3 N–H and O–H groups in total.